The third-order valence-corrected chi connectivity index (χ3v) is 5.65. The highest BCUT2D eigenvalue weighted by Crippen LogP contribution is 2.44. The maximum absolute atomic E-state index is 3.84. The minimum Gasteiger partial charge on any atom is -0.0991 e. The van der Waals surface area contributed by atoms with Gasteiger partial charge in [0.05, 0.1) is 0 Å². The Labute approximate surface area is 126 Å². The van der Waals surface area contributed by atoms with Gasteiger partial charge in [0.15, 0.2) is 0 Å². The largest absolute Gasteiger partial charge is 0.0991 e. The fourth-order valence-corrected chi connectivity index (χ4v) is 4.26. The summed E-state index contributed by atoms with van der Waals surface area (Å²) in [5.74, 6) is 0.849. The van der Waals surface area contributed by atoms with Crippen LogP contribution in [0.3, 0.4) is 0 Å². The van der Waals surface area contributed by atoms with Gasteiger partial charge in [-0.05, 0) is 61.9 Å². The highest BCUT2D eigenvalue weighted by Gasteiger charge is 2.30. The van der Waals surface area contributed by atoms with Gasteiger partial charge in [0.1, 0.15) is 0 Å². The minimum absolute atomic E-state index is 0.592. The summed E-state index contributed by atoms with van der Waals surface area (Å²) in [7, 11) is 0. The third-order valence-electron chi connectivity index (χ3n) is 5.65. The molecule has 2 aliphatic rings. The molecule has 0 aromatic rings. The molecule has 2 aliphatic carbocycles. The third kappa shape index (κ3) is 3.87. The predicted octanol–water partition coefficient (Wildman–Crippen LogP) is 6.60. The highest BCUT2D eigenvalue weighted by atomic mass is 14.4. The minimum atomic E-state index is 0.592. The number of rotatable bonds is 3. The quantitative estimate of drug-likeness (QED) is 0.508. The summed E-state index contributed by atoms with van der Waals surface area (Å²) in [6, 6.07) is 0. The highest BCUT2D eigenvalue weighted by molar-refractivity contribution is 5.30. The lowest BCUT2D eigenvalue weighted by Crippen LogP contribution is -2.21. The molecule has 0 heterocycles. The van der Waals surface area contributed by atoms with Crippen LogP contribution in [0.2, 0.25) is 0 Å². The van der Waals surface area contributed by atoms with Crippen molar-refractivity contribution in [1.29, 1.82) is 0 Å². The molecule has 112 valence electrons. The Morgan fingerprint density at radius 3 is 2.75 bits per heavy atom. The van der Waals surface area contributed by atoms with E-state index in [-0.39, 0.29) is 0 Å². The van der Waals surface area contributed by atoms with Crippen LogP contribution in [0.25, 0.3) is 0 Å². The Morgan fingerprint density at radius 1 is 1.15 bits per heavy atom. The first kappa shape index (κ1) is 15.6. The Balaban J connectivity index is 2.33. The van der Waals surface area contributed by atoms with Crippen molar-refractivity contribution in [3.8, 4) is 0 Å². The Morgan fingerprint density at radius 2 is 2.00 bits per heavy atom. The molecular weight excluding hydrogens is 240 g/mol. The summed E-state index contributed by atoms with van der Waals surface area (Å²) in [6.45, 7) is 8.73. The first-order chi connectivity index (χ1) is 9.68. The van der Waals surface area contributed by atoms with Gasteiger partial charge in [-0.15, -0.1) is 0 Å². The second-order valence-corrected chi connectivity index (χ2v) is 7.14. The molecule has 2 bridgehead atoms. The SMILES string of the molecule is C=C/C=C\C1=C(/CC)C2CCCCCC(C)(CC1)CC2. The van der Waals surface area contributed by atoms with Crippen molar-refractivity contribution in [2.75, 3.05) is 0 Å². The standard InChI is InChI=1S/C20H32/c1-4-6-10-17-12-15-20(3)14-9-7-8-11-18(13-16-20)19(17)5-2/h4,6,10,18H,1,5,7-9,11-16H2,2-3H3/b10-6-,19-17-. The lowest BCUT2D eigenvalue weighted by atomic mass is 9.71. The summed E-state index contributed by atoms with van der Waals surface area (Å²) in [4.78, 5) is 0. The molecule has 20 heavy (non-hydrogen) atoms. The van der Waals surface area contributed by atoms with Crippen molar-refractivity contribution in [3.05, 3.63) is 36.0 Å². The molecule has 1 saturated carbocycles. The Bertz CT molecular complexity index is 385. The molecule has 0 amide bonds. The summed E-state index contributed by atoms with van der Waals surface area (Å²) >= 11 is 0. The molecule has 0 saturated heterocycles. The Kier molecular flexibility index (Phi) is 5.69. The van der Waals surface area contributed by atoms with Crippen molar-refractivity contribution in [2.45, 2.75) is 78.1 Å². The summed E-state index contributed by atoms with van der Waals surface area (Å²) in [5, 5.41) is 0. The lowest BCUT2D eigenvalue weighted by molar-refractivity contribution is 0.224. The van der Waals surface area contributed by atoms with Crippen LogP contribution in [0.4, 0.5) is 0 Å². The number of hydrogen-bond donors (Lipinski definition) is 0. The zero-order chi connectivity index (χ0) is 14.4. The molecule has 0 spiro atoms. The van der Waals surface area contributed by atoms with Crippen LogP contribution in [0, 0.1) is 11.3 Å². The van der Waals surface area contributed by atoms with Crippen molar-refractivity contribution in [1.82, 2.24) is 0 Å². The van der Waals surface area contributed by atoms with E-state index in [9.17, 15) is 0 Å². The van der Waals surface area contributed by atoms with Crippen molar-refractivity contribution in [2.24, 2.45) is 11.3 Å². The summed E-state index contributed by atoms with van der Waals surface area (Å²) < 4.78 is 0. The molecule has 2 rings (SSSR count). The van der Waals surface area contributed by atoms with Gasteiger partial charge in [-0.3, -0.25) is 0 Å². The van der Waals surface area contributed by atoms with Crippen LogP contribution in [0.15, 0.2) is 36.0 Å². The second-order valence-electron chi connectivity index (χ2n) is 7.14. The molecule has 0 aromatic carbocycles. The van der Waals surface area contributed by atoms with Gasteiger partial charge < -0.3 is 0 Å². The van der Waals surface area contributed by atoms with Gasteiger partial charge in [0, 0.05) is 0 Å². The first-order valence-corrected chi connectivity index (χ1v) is 8.69. The van der Waals surface area contributed by atoms with E-state index in [0.29, 0.717) is 5.41 Å². The van der Waals surface area contributed by atoms with E-state index in [4.69, 9.17) is 0 Å². The van der Waals surface area contributed by atoms with Crippen LogP contribution >= 0.6 is 0 Å². The zero-order valence-corrected chi connectivity index (χ0v) is 13.6. The average molecular weight is 272 g/mol. The topological polar surface area (TPSA) is 0 Å². The van der Waals surface area contributed by atoms with Crippen molar-refractivity contribution >= 4 is 0 Å². The van der Waals surface area contributed by atoms with Crippen LogP contribution in [-0.2, 0) is 0 Å². The normalized spacial score (nSPS) is 36.0. The Hall–Kier alpha value is -0.780. The van der Waals surface area contributed by atoms with Crippen molar-refractivity contribution in [3.63, 3.8) is 0 Å². The predicted molar refractivity (Wildman–Crippen MR) is 89.8 cm³/mol. The molecular formula is C20H32. The van der Waals surface area contributed by atoms with E-state index >= 15 is 0 Å². The zero-order valence-electron chi connectivity index (χ0n) is 13.6. The molecule has 2 atom stereocenters. The van der Waals surface area contributed by atoms with Gasteiger partial charge in [0.25, 0.3) is 0 Å². The van der Waals surface area contributed by atoms with E-state index in [1.54, 1.807) is 11.1 Å². The van der Waals surface area contributed by atoms with E-state index in [2.05, 4.69) is 32.6 Å². The van der Waals surface area contributed by atoms with E-state index in [1.807, 2.05) is 6.08 Å². The molecule has 0 N–H and O–H groups in total. The fourth-order valence-electron chi connectivity index (χ4n) is 4.26. The molecule has 0 heteroatoms. The molecule has 2 unspecified atom stereocenters. The molecule has 0 nitrogen and oxygen atoms in total. The monoisotopic (exact) mass is 272 g/mol. The molecule has 0 aliphatic heterocycles. The van der Waals surface area contributed by atoms with Crippen LogP contribution in [0.5, 0.6) is 0 Å². The number of hydrogen-bond acceptors (Lipinski definition) is 0. The molecule has 0 radical (unpaired) electrons. The first-order valence-electron chi connectivity index (χ1n) is 8.69. The van der Waals surface area contributed by atoms with Crippen molar-refractivity contribution < 1.29 is 0 Å². The smallest absolute Gasteiger partial charge is 0.0197 e. The summed E-state index contributed by atoms with van der Waals surface area (Å²) in [6.07, 6.45) is 20.4. The number of fused-ring (bicyclic) bond motifs is 3. The lowest BCUT2D eigenvalue weighted by Gasteiger charge is -2.34. The van der Waals surface area contributed by atoms with Gasteiger partial charge in [-0.2, -0.15) is 0 Å². The van der Waals surface area contributed by atoms with Crippen LogP contribution in [0.1, 0.15) is 78.1 Å². The second kappa shape index (κ2) is 7.29. The maximum atomic E-state index is 3.84. The van der Waals surface area contributed by atoms with E-state index in [1.165, 1.54) is 64.2 Å². The van der Waals surface area contributed by atoms with Gasteiger partial charge in [-0.25, -0.2) is 0 Å². The fraction of sp³-hybridized carbons (Fsp3) is 0.700. The average Bonchev–Trinajstić information content (AvgIpc) is 2.51. The molecule has 0 aromatic heterocycles. The number of allylic oxidation sites excluding steroid dienone is 5. The van der Waals surface area contributed by atoms with Gasteiger partial charge in [-0.1, -0.05) is 63.5 Å². The molecule has 1 fully saturated rings. The van der Waals surface area contributed by atoms with E-state index < -0.39 is 0 Å². The van der Waals surface area contributed by atoms with Gasteiger partial charge in [0.2, 0.25) is 0 Å². The van der Waals surface area contributed by atoms with E-state index in [0.717, 1.165) is 5.92 Å². The van der Waals surface area contributed by atoms with Gasteiger partial charge >= 0.3 is 0 Å². The van der Waals surface area contributed by atoms with Crippen LogP contribution in [-0.4, -0.2) is 0 Å². The van der Waals surface area contributed by atoms with Crippen LogP contribution < -0.4 is 0 Å². The maximum Gasteiger partial charge on any atom is -0.0197 e. The summed E-state index contributed by atoms with van der Waals surface area (Å²) in [5.41, 5.74) is 3.98.